The van der Waals surface area contributed by atoms with E-state index in [1.165, 1.54) is 0 Å². The Morgan fingerprint density at radius 3 is 2.05 bits per heavy atom. The zero-order valence-electron chi connectivity index (χ0n) is 10.8. The molecule has 1 atom stereocenters. The van der Waals surface area contributed by atoms with E-state index < -0.39 is 23.2 Å². The third-order valence-corrected chi connectivity index (χ3v) is 3.45. The van der Waals surface area contributed by atoms with Gasteiger partial charge in [-0.25, -0.2) is 0 Å². The lowest BCUT2D eigenvalue weighted by molar-refractivity contribution is -0.137. The molecule has 0 aliphatic heterocycles. The van der Waals surface area contributed by atoms with Gasteiger partial charge < -0.3 is 5.32 Å². The molecule has 0 fully saturated rings. The van der Waals surface area contributed by atoms with Crippen LogP contribution in [0, 0.1) is 0 Å². The Balaban J connectivity index is 2.85. The topological polar surface area (TPSA) is 29.1 Å². The van der Waals surface area contributed by atoms with E-state index in [0.717, 1.165) is 24.3 Å². The maximum atomic E-state index is 12.4. The van der Waals surface area contributed by atoms with Crippen LogP contribution < -0.4 is 5.32 Å². The number of carbonyl (C=O) groups is 1. The number of hydrogen-bond donors (Lipinski definition) is 1. The second-order valence-corrected chi connectivity index (χ2v) is 5.52. The molecule has 1 aromatic carbocycles. The molecule has 0 saturated carbocycles. The molecule has 0 spiro atoms. The molecule has 0 bridgehead atoms. The molecule has 1 aromatic rings. The highest BCUT2D eigenvalue weighted by Gasteiger charge is 2.31. The van der Waals surface area contributed by atoms with Gasteiger partial charge in [0.2, 0.25) is 0 Å². The van der Waals surface area contributed by atoms with E-state index in [1.807, 2.05) is 0 Å². The predicted molar refractivity (Wildman–Crippen MR) is 68.3 cm³/mol. The zero-order valence-corrected chi connectivity index (χ0v) is 11.6. The summed E-state index contributed by atoms with van der Waals surface area (Å²) in [6.07, 6.45) is -4.40. The highest BCUT2D eigenvalue weighted by atomic mass is 35.5. The molecular weight excluding hydrogens is 279 g/mol. The molecule has 0 heterocycles. The minimum atomic E-state index is -4.40. The van der Waals surface area contributed by atoms with Gasteiger partial charge in [0.1, 0.15) is 0 Å². The lowest BCUT2D eigenvalue weighted by atomic mass is 10.0. The summed E-state index contributed by atoms with van der Waals surface area (Å²) < 4.78 is 37.1. The van der Waals surface area contributed by atoms with Gasteiger partial charge in [0.25, 0.3) is 5.91 Å². The van der Waals surface area contributed by atoms with Gasteiger partial charge in [-0.2, -0.15) is 13.2 Å². The first-order valence-electron chi connectivity index (χ1n) is 5.68. The van der Waals surface area contributed by atoms with Crippen molar-refractivity contribution in [3.63, 3.8) is 0 Å². The van der Waals surface area contributed by atoms with Crippen molar-refractivity contribution in [3.05, 3.63) is 35.4 Å². The van der Waals surface area contributed by atoms with Crippen molar-refractivity contribution < 1.29 is 18.0 Å². The smallest absolute Gasteiger partial charge is 0.346 e. The van der Waals surface area contributed by atoms with Gasteiger partial charge in [-0.05, 0) is 45.0 Å². The molecule has 106 valence electrons. The van der Waals surface area contributed by atoms with Crippen LogP contribution in [0.15, 0.2) is 24.3 Å². The van der Waals surface area contributed by atoms with E-state index in [0.29, 0.717) is 0 Å². The average molecular weight is 294 g/mol. The Hall–Kier alpha value is -1.23. The van der Waals surface area contributed by atoms with Gasteiger partial charge >= 0.3 is 6.18 Å². The van der Waals surface area contributed by atoms with Crippen LogP contribution in [0.5, 0.6) is 0 Å². The number of rotatable bonds is 3. The van der Waals surface area contributed by atoms with Crippen molar-refractivity contribution in [1.82, 2.24) is 5.32 Å². The zero-order chi connectivity index (χ0) is 14.8. The summed E-state index contributed by atoms with van der Waals surface area (Å²) in [4.78, 5) is 11.9. The van der Waals surface area contributed by atoms with Gasteiger partial charge in [0, 0.05) is 5.56 Å². The number of alkyl halides is 4. The van der Waals surface area contributed by atoms with Gasteiger partial charge in [-0.1, -0.05) is 0 Å². The molecule has 0 radical (unpaired) electrons. The maximum absolute atomic E-state index is 12.4. The van der Waals surface area contributed by atoms with Gasteiger partial charge in [-0.3, -0.25) is 4.79 Å². The predicted octanol–water partition coefficient (Wildman–Crippen LogP) is 3.84. The number of carbonyl (C=O) groups excluding carboxylic acids is 1. The minimum absolute atomic E-state index is 0.165. The van der Waals surface area contributed by atoms with Crippen molar-refractivity contribution in [2.45, 2.75) is 37.9 Å². The standard InChI is InChI=1S/C13H15ClF3NO/c1-8(14)12(2,3)18-11(19)9-4-6-10(7-5-9)13(15,16)17/h4-8H,1-3H3,(H,18,19). The molecule has 19 heavy (non-hydrogen) atoms. The highest BCUT2D eigenvalue weighted by Crippen LogP contribution is 2.29. The molecule has 1 N–H and O–H groups in total. The summed E-state index contributed by atoms with van der Waals surface area (Å²) in [7, 11) is 0. The number of amides is 1. The SMILES string of the molecule is CC(Cl)C(C)(C)NC(=O)c1ccc(C(F)(F)F)cc1. The largest absolute Gasteiger partial charge is 0.416 e. The van der Waals surface area contributed by atoms with Crippen LogP contribution in [-0.2, 0) is 6.18 Å². The Bertz CT molecular complexity index is 452. The van der Waals surface area contributed by atoms with Crippen molar-refractivity contribution in [3.8, 4) is 0 Å². The maximum Gasteiger partial charge on any atom is 0.416 e. The lowest BCUT2D eigenvalue weighted by Crippen LogP contribution is -2.49. The Kier molecular flexibility index (Phi) is 4.50. The van der Waals surface area contributed by atoms with Gasteiger partial charge in [0.05, 0.1) is 16.5 Å². The van der Waals surface area contributed by atoms with E-state index in [-0.39, 0.29) is 10.9 Å². The van der Waals surface area contributed by atoms with E-state index in [2.05, 4.69) is 5.32 Å². The van der Waals surface area contributed by atoms with Gasteiger partial charge in [-0.15, -0.1) is 11.6 Å². The highest BCUT2D eigenvalue weighted by molar-refractivity contribution is 6.21. The fourth-order valence-corrected chi connectivity index (χ4v) is 1.33. The molecule has 1 unspecified atom stereocenters. The Morgan fingerprint density at radius 2 is 1.68 bits per heavy atom. The van der Waals surface area contributed by atoms with E-state index in [1.54, 1.807) is 20.8 Å². The van der Waals surface area contributed by atoms with Crippen LogP contribution in [-0.4, -0.2) is 16.8 Å². The Labute approximate surface area is 114 Å². The van der Waals surface area contributed by atoms with E-state index in [9.17, 15) is 18.0 Å². The minimum Gasteiger partial charge on any atom is -0.346 e. The summed E-state index contributed by atoms with van der Waals surface area (Å²) in [5, 5.41) is 2.36. The number of benzene rings is 1. The van der Waals surface area contributed by atoms with Crippen molar-refractivity contribution in [2.24, 2.45) is 0 Å². The summed E-state index contributed by atoms with van der Waals surface area (Å²) in [6.45, 7) is 5.22. The summed E-state index contributed by atoms with van der Waals surface area (Å²) in [6, 6.07) is 4.05. The third kappa shape index (κ3) is 4.13. The average Bonchev–Trinajstić information content (AvgIpc) is 2.27. The number of hydrogen-bond acceptors (Lipinski definition) is 1. The second kappa shape index (κ2) is 5.41. The Morgan fingerprint density at radius 1 is 1.21 bits per heavy atom. The summed E-state index contributed by atoms with van der Waals surface area (Å²) >= 11 is 5.92. The van der Waals surface area contributed by atoms with Gasteiger partial charge in [0.15, 0.2) is 0 Å². The number of halogens is 4. The van der Waals surface area contributed by atoms with Crippen LogP contribution in [0.25, 0.3) is 0 Å². The first-order valence-corrected chi connectivity index (χ1v) is 6.11. The quantitative estimate of drug-likeness (QED) is 0.843. The van der Waals surface area contributed by atoms with Crippen LogP contribution in [0.1, 0.15) is 36.7 Å². The molecule has 0 aliphatic rings. The van der Waals surface area contributed by atoms with Crippen molar-refractivity contribution >= 4 is 17.5 Å². The third-order valence-electron chi connectivity index (χ3n) is 2.90. The van der Waals surface area contributed by atoms with Crippen LogP contribution >= 0.6 is 11.6 Å². The molecule has 0 aromatic heterocycles. The fraction of sp³-hybridized carbons (Fsp3) is 0.462. The number of nitrogens with one attached hydrogen (secondary N) is 1. The molecule has 6 heteroatoms. The normalized spacial score (nSPS) is 14.1. The monoisotopic (exact) mass is 293 g/mol. The lowest BCUT2D eigenvalue weighted by Gasteiger charge is -2.29. The van der Waals surface area contributed by atoms with Crippen LogP contribution in [0.2, 0.25) is 0 Å². The summed E-state index contributed by atoms with van der Waals surface area (Å²) in [5.74, 6) is -0.453. The van der Waals surface area contributed by atoms with Crippen LogP contribution in [0.3, 0.4) is 0 Å². The first-order chi connectivity index (χ1) is 8.54. The summed E-state index contributed by atoms with van der Waals surface area (Å²) in [5.41, 5.74) is -1.27. The second-order valence-electron chi connectivity index (χ2n) is 4.87. The van der Waals surface area contributed by atoms with E-state index in [4.69, 9.17) is 11.6 Å². The molecule has 1 amide bonds. The fourth-order valence-electron chi connectivity index (χ4n) is 1.27. The molecule has 2 nitrogen and oxygen atoms in total. The molecular formula is C13H15ClF3NO. The van der Waals surface area contributed by atoms with Crippen molar-refractivity contribution in [2.75, 3.05) is 0 Å². The molecule has 1 rings (SSSR count). The first kappa shape index (κ1) is 15.8. The molecule has 0 saturated heterocycles. The molecule has 0 aliphatic carbocycles. The van der Waals surface area contributed by atoms with Crippen LogP contribution in [0.4, 0.5) is 13.2 Å². The van der Waals surface area contributed by atoms with Crippen molar-refractivity contribution in [1.29, 1.82) is 0 Å². The van der Waals surface area contributed by atoms with E-state index >= 15 is 0 Å².